The molecule has 1 unspecified atom stereocenters. The first-order valence-corrected chi connectivity index (χ1v) is 11.7. The van der Waals surface area contributed by atoms with E-state index in [9.17, 15) is 18.0 Å². The predicted octanol–water partition coefficient (Wildman–Crippen LogP) is 2.73. The lowest BCUT2D eigenvalue weighted by Gasteiger charge is -2.25. The lowest BCUT2D eigenvalue weighted by Crippen LogP contribution is -2.35. The van der Waals surface area contributed by atoms with E-state index in [4.69, 9.17) is 0 Å². The zero-order chi connectivity index (χ0) is 23.0. The Hall–Kier alpha value is -2.71. The molecule has 0 aliphatic carbocycles. The molecule has 3 rings (SSSR count). The van der Waals surface area contributed by atoms with Crippen LogP contribution in [0.2, 0.25) is 0 Å². The Morgan fingerprint density at radius 3 is 2.35 bits per heavy atom. The molecule has 1 fully saturated rings. The Labute approximate surface area is 184 Å². The minimum absolute atomic E-state index is 0.0194. The smallest absolute Gasteiger partial charge is 0.251 e. The van der Waals surface area contributed by atoms with Gasteiger partial charge in [0.15, 0.2) is 0 Å². The number of aryl methyl sites for hydroxylation is 1. The van der Waals surface area contributed by atoms with Crippen LogP contribution in [0.3, 0.4) is 0 Å². The van der Waals surface area contributed by atoms with Crippen molar-refractivity contribution in [2.75, 3.05) is 30.7 Å². The van der Waals surface area contributed by atoms with Crippen molar-refractivity contribution in [1.82, 2.24) is 10.2 Å². The third kappa shape index (κ3) is 4.80. The van der Waals surface area contributed by atoms with Gasteiger partial charge in [0, 0.05) is 12.1 Å². The van der Waals surface area contributed by atoms with Crippen LogP contribution in [-0.4, -0.2) is 51.5 Å². The Morgan fingerprint density at radius 2 is 1.81 bits per heavy atom. The summed E-state index contributed by atoms with van der Waals surface area (Å²) in [6, 6.07) is 14.3. The molecule has 2 amide bonds. The molecule has 1 N–H and O–H groups in total. The highest BCUT2D eigenvalue weighted by Gasteiger charge is 2.49. The Balaban J connectivity index is 1.79. The Bertz CT molecular complexity index is 1090. The van der Waals surface area contributed by atoms with Crippen LogP contribution in [0, 0.1) is 12.3 Å². The fourth-order valence-electron chi connectivity index (χ4n) is 3.71. The van der Waals surface area contributed by atoms with Crippen molar-refractivity contribution < 1.29 is 18.0 Å². The summed E-state index contributed by atoms with van der Waals surface area (Å²) in [6.07, 6.45) is 0. The number of anilines is 1. The Morgan fingerprint density at radius 1 is 1.16 bits per heavy atom. The lowest BCUT2D eigenvalue weighted by molar-refractivity contribution is -0.123. The van der Waals surface area contributed by atoms with E-state index in [0.717, 1.165) is 15.4 Å². The zero-order valence-electron chi connectivity index (χ0n) is 18.5. The fraction of sp³-hybridized carbons (Fsp3) is 0.391. The topological polar surface area (TPSA) is 86.8 Å². The standard InChI is InChI=1S/C23H29N3O4S/c1-16-9-11-17(12-10-16)20(25(4)5)14-24-21(27)18-7-6-8-19(13-18)26-22(28)23(2,3)15-31(26,29)30/h6-13,20H,14-15H2,1-5H3,(H,24,27). The minimum atomic E-state index is -3.77. The molecule has 166 valence electrons. The molecule has 0 spiro atoms. The van der Waals surface area contributed by atoms with Gasteiger partial charge >= 0.3 is 0 Å². The average Bonchev–Trinajstić information content (AvgIpc) is 2.85. The highest BCUT2D eigenvalue weighted by Crippen LogP contribution is 2.35. The van der Waals surface area contributed by atoms with Gasteiger partial charge in [-0.3, -0.25) is 9.59 Å². The Kier molecular flexibility index (Phi) is 6.25. The molecule has 1 saturated heterocycles. The van der Waals surface area contributed by atoms with Gasteiger partial charge in [-0.2, -0.15) is 0 Å². The summed E-state index contributed by atoms with van der Waals surface area (Å²) in [4.78, 5) is 27.5. The van der Waals surface area contributed by atoms with Crippen molar-refractivity contribution in [3.63, 3.8) is 0 Å². The van der Waals surface area contributed by atoms with E-state index < -0.39 is 21.3 Å². The third-order valence-corrected chi connectivity index (χ3v) is 7.49. The van der Waals surface area contributed by atoms with Gasteiger partial charge in [-0.1, -0.05) is 35.9 Å². The maximum atomic E-state index is 12.8. The van der Waals surface area contributed by atoms with Crippen LogP contribution < -0.4 is 9.62 Å². The lowest BCUT2D eigenvalue weighted by atomic mass is 9.95. The van der Waals surface area contributed by atoms with E-state index in [-0.39, 0.29) is 23.4 Å². The number of amides is 2. The van der Waals surface area contributed by atoms with Gasteiger partial charge in [-0.15, -0.1) is 0 Å². The third-order valence-electron chi connectivity index (χ3n) is 5.47. The van der Waals surface area contributed by atoms with Crippen LogP contribution in [-0.2, 0) is 14.8 Å². The van der Waals surface area contributed by atoms with Crippen molar-refractivity contribution in [3.05, 3.63) is 65.2 Å². The summed E-state index contributed by atoms with van der Waals surface area (Å²) >= 11 is 0. The largest absolute Gasteiger partial charge is 0.350 e. The molecule has 31 heavy (non-hydrogen) atoms. The first-order chi connectivity index (χ1) is 14.4. The number of hydrogen-bond donors (Lipinski definition) is 1. The van der Waals surface area contributed by atoms with Gasteiger partial charge in [-0.05, 0) is 58.6 Å². The van der Waals surface area contributed by atoms with E-state index >= 15 is 0 Å². The molecule has 1 aliphatic rings. The van der Waals surface area contributed by atoms with E-state index in [0.29, 0.717) is 12.1 Å². The maximum absolute atomic E-state index is 12.8. The summed E-state index contributed by atoms with van der Waals surface area (Å²) in [5.74, 6) is -1.07. The fourth-order valence-corrected chi connectivity index (χ4v) is 5.81. The molecule has 2 aromatic carbocycles. The summed E-state index contributed by atoms with van der Waals surface area (Å²) in [5, 5.41) is 2.93. The van der Waals surface area contributed by atoms with Crippen molar-refractivity contribution in [2.45, 2.75) is 26.8 Å². The number of nitrogens with one attached hydrogen (secondary N) is 1. The van der Waals surface area contributed by atoms with Crippen molar-refractivity contribution >= 4 is 27.5 Å². The van der Waals surface area contributed by atoms with Crippen LogP contribution >= 0.6 is 0 Å². The number of rotatable bonds is 6. The number of carbonyl (C=O) groups excluding carboxylic acids is 2. The number of benzene rings is 2. The molecule has 0 saturated carbocycles. The number of sulfonamides is 1. The van der Waals surface area contributed by atoms with Crippen LogP contribution in [0.25, 0.3) is 0 Å². The second-order valence-corrected chi connectivity index (χ2v) is 10.7. The van der Waals surface area contributed by atoms with E-state index in [1.165, 1.54) is 12.1 Å². The zero-order valence-corrected chi connectivity index (χ0v) is 19.4. The quantitative estimate of drug-likeness (QED) is 0.742. The van der Waals surface area contributed by atoms with Gasteiger partial charge in [-0.25, -0.2) is 12.7 Å². The highest BCUT2D eigenvalue weighted by atomic mass is 32.2. The van der Waals surface area contributed by atoms with Crippen molar-refractivity contribution in [1.29, 1.82) is 0 Å². The second kappa shape index (κ2) is 8.43. The molecular weight excluding hydrogens is 414 g/mol. The molecule has 2 aromatic rings. The SMILES string of the molecule is Cc1ccc(C(CNC(=O)c2cccc(N3C(=O)C(C)(C)CS3(=O)=O)c2)N(C)C)cc1. The molecular formula is C23H29N3O4S. The molecule has 1 aliphatic heterocycles. The molecule has 1 heterocycles. The minimum Gasteiger partial charge on any atom is -0.350 e. The van der Waals surface area contributed by atoms with E-state index in [1.807, 2.05) is 50.2 Å². The first-order valence-electron chi connectivity index (χ1n) is 10.1. The summed E-state index contributed by atoms with van der Waals surface area (Å²) < 4.78 is 25.9. The van der Waals surface area contributed by atoms with E-state index in [1.54, 1.807) is 26.0 Å². The van der Waals surface area contributed by atoms with Crippen molar-refractivity contribution in [2.24, 2.45) is 5.41 Å². The van der Waals surface area contributed by atoms with Crippen LogP contribution in [0.4, 0.5) is 5.69 Å². The van der Waals surface area contributed by atoms with Crippen LogP contribution in [0.5, 0.6) is 0 Å². The predicted molar refractivity (Wildman–Crippen MR) is 121 cm³/mol. The van der Waals surface area contributed by atoms with Gasteiger partial charge in [0.05, 0.1) is 22.9 Å². The normalized spacial score (nSPS) is 18.3. The highest BCUT2D eigenvalue weighted by molar-refractivity contribution is 7.94. The monoisotopic (exact) mass is 443 g/mol. The molecule has 0 radical (unpaired) electrons. The number of likely N-dealkylation sites (N-methyl/N-ethyl adjacent to an activating group) is 1. The summed E-state index contributed by atoms with van der Waals surface area (Å²) in [7, 11) is 0.124. The number of carbonyl (C=O) groups is 2. The van der Waals surface area contributed by atoms with Crippen molar-refractivity contribution in [3.8, 4) is 0 Å². The molecule has 1 atom stereocenters. The first kappa shape index (κ1) is 23.0. The van der Waals surface area contributed by atoms with Gasteiger partial charge in [0.1, 0.15) is 0 Å². The molecule has 0 aromatic heterocycles. The van der Waals surface area contributed by atoms with Gasteiger partial charge in [0.2, 0.25) is 15.9 Å². The second-order valence-electron chi connectivity index (χ2n) is 8.86. The molecule has 8 heteroatoms. The van der Waals surface area contributed by atoms with E-state index in [2.05, 4.69) is 5.32 Å². The molecule has 0 bridgehead atoms. The summed E-state index contributed by atoms with van der Waals surface area (Å²) in [6.45, 7) is 5.62. The molecule has 7 nitrogen and oxygen atoms in total. The number of hydrogen-bond acceptors (Lipinski definition) is 5. The van der Waals surface area contributed by atoms with Gasteiger partial charge in [0.25, 0.3) is 5.91 Å². The maximum Gasteiger partial charge on any atom is 0.251 e. The summed E-state index contributed by atoms with van der Waals surface area (Å²) in [5.41, 5.74) is 1.74. The van der Waals surface area contributed by atoms with Gasteiger partial charge < -0.3 is 10.2 Å². The van der Waals surface area contributed by atoms with Crippen LogP contribution in [0.1, 0.15) is 41.4 Å². The average molecular weight is 444 g/mol. The number of nitrogens with zero attached hydrogens (tertiary/aromatic N) is 2. The van der Waals surface area contributed by atoms with Crippen LogP contribution in [0.15, 0.2) is 48.5 Å².